The van der Waals surface area contributed by atoms with Gasteiger partial charge in [0.15, 0.2) is 0 Å². The van der Waals surface area contributed by atoms with Crippen molar-refractivity contribution in [3.05, 3.63) is 25.6 Å². The van der Waals surface area contributed by atoms with Crippen molar-refractivity contribution < 1.29 is 4.42 Å². The van der Waals surface area contributed by atoms with Gasteiger partial charge in [-0.1, -0.05) is 13.8 Å². The van der Waals surface area contributed by atoms with E-state index in [9.17, 15) is 0 Å². The zero-order valence-corrected chi connectivity index (χ0v) is 13.4. The number of halogens is 2. The standard InChI is InChI=1S/C11H12Br2N2OS/c1-6(2)14-4-7-5-16-11(15-7)8-3-9(12)17-10(8)13/h3,5-6,14H,4H2,1-2H3. The highest BCUT2D eigenvalue weighted by atomic mass is 79.9. The first-order chi connectivity index (χ1) is 8.06. The second-order valence-corrected chi connectivity index (χ2v) is 7.67. The van der Waals surface area contributed by atoms with Crippen LogP contribution in [-0.4, -0.2) is 11.0 Å². The molecule has 0 bridgehead atoms. The van der Waals surface area contributed by atoms with Gasteiger partial charge in [0.1, 0.15) is 6.26 Å². The summed E-state index contributed by atoms with van der Waals surface area (Å²) in [4.78, 5) is 4.45. The van der Waals surface area contributed by atoms with Crippen LogP contribution in [0.25, 0.3) is 11.5 Å². The van der Waals surface area contributed by atoms with Crippen molar-refractivity contribution in [1.29, 1.82) is 0 Å². The Morgan fingerprint density at radius 1 is 1.47 bits per heavy atom. The SMILES string of the molecule is CC(C)NCc1coc(-c2cc(Br)sc2Br)n1. The minimum Gasteiger partial charge on any atom is -0.444 e. The minimum absolute atomic E-state index is 0.442. The summed E-state index contributed by atoms with van der Waals surface area (Å²) in [6, 6.07) is 2.44. The van der Waals surface area contributed by atoms with Gasteiger partial charge in [0.2, 0.25) is 5.89 Å². The molecule has 2 aromatic rings. The molecule has 0 aliphatic rings. The molecule has 3 nitrogen and oxygen atoms in total. The van der Waals surface area contributed by atoms with Crippen molar-refractivity contribution in [3.63, 3.8) is 0 Å². The zero-order valence-electron chi connectivity index (χ0n) is 9.46. The largest absolute Gasteiger partial charge is 0.444 e. The van der Waals surface area contributed by atoms with Crippen molar-refractivity contribution >= 4 is 43.2 Å². The smallest absolute Gasteiger partial charge is 0.228 e. The van der Waals surface area contributed by atoms with Gasteiger partial charge in [-0.25, -0.2) is 4.98 Å². The van der Waals surface area contributed by atoms with E-state index in [1.807, 2.05) is 6.07 Å². The molecule has 0 aliphatic heterocycles. The fourth-order valence-electron chi connectivity index (χ4n) is 1.31. The van der Waals surface area contributed by atoms with E-state index in [1.54, 1.807) is 17.6 Å². The number of nitrogens with one attached hydrogen (secondary N) is 1. The van der Waals surface area contributed by atoms with Crippen LogP contribution in [0.3, 0.4) is 0 Å². The third-order valence-electron chi connectivity index (χ3n) is 2.13. The van der Waals surface area contributed by atoms with Gasteiger partial charge in [-0.3, -0.25) is 0 Å². The van der Waals surface area contributed by atoms with Crippen molar-refractivity contribution in [2.24, 2.45) is 0 Å². The van der Waals surface area contributed by atoms with Crippen molar-refractivity contribution in [2.75, 3.05) is 0 Å². The summed E-state index contributed by atoms with van der Waals surface area (Å²) in [6.45, 7) is 4.94. The molecule has 0 saturated heterocycles. The van der Waals surface area contributed by atoms with Crippen molar-refractivity contribution in [3.8, 4) is 11.5 Å². The molecule has 0 spiro atoms. The molecule has 0 unspecified atom stereocenters. The van der Waals surface area contributed by atoms with Crippen LogP contribution in [0, 0.1) is 0 Å². The van der Waals surface area contributed by atoms with E-state index in [4.69, 9.17) is 4.42 Å². The Bertz CT molecular complexity index is 507. The third-order valence-corrected chi connectivity index (χ3v) is 4.47. The van der Waals surface area contributed by atoms with Crippen LogP contribution in [0.5, 0.6) is 0 Å². The van der Waals surface area contributed by atoms with Gasteiger partial charge in [-0.15, -0.1) is 11.3 Å². The van der Waals surface area contributed by atoms with Gasteiger partial charge in [0.05, 0.1) is 18.8 Å². The summed E-state index contributed by atoms with van der Waals surface area (Å²) in [5, 5.41) is 3.31. The van der Waals surface area contributed by atoms with Crippen LogP contribution in [0.15, 0.2) is 24.3 Å². The molecule has 0 aliphatic carbocycles. The highest BCUT2D eigenvalue weighted by molar-refractivity contribution is 9.12. The molecule has 6 heteroatoms. The second-order valence-electron chi connectivity index (χ2n) is 3.92. The molecule has 0 radical (unpaired) electrons. The van der Waals surface area contributed by atoms with Gasteiger partial charge in [0.25, 0.3) is 0 Å². The van der Waals surface area contributed by atoms with E-state index < -0.39 is 0 Å². The maximum absolute atomic E-state index is 5.48. The first-order valence-electron chi connectivity index (χ1n) is 5.19. The van der Waals surface area contributed by atoms with E-state index in [1.165, 1.54) is 0 Å². The summed E-state index contributed by atoms with van der Waals surface area (Å²) in [6.07, 6.45) is 1.70. The number of aromatic nitrogens is 1. The molecule has 17 heavy (non-hydrogen) atoms. The van der Waals surface area contributed by atoms with E-state index in [0.717, 1.165) is 25.4 Å². The third kappa shape index (κ3) is 3.40. The first kappa shape index (κ1) is 13.3. The average molecular weight is 380 g/mol. The highest BCUT2D eigenvalue weighted by Crippen LogP contribution is 2.38. The molecule has 0 saturated carbocycles. The molecule has 0 aromatic carbocycles. The molecule has 2 heterocycles. The molecule has 2 rings (SSSR count). The average Bonchev–Trinajstić information content (AvgIpc) is 2.82. The van der Waals surface area contributed by atoms with Crippen LogP contribution in [0.2, 0.25) is 0 Å². The van der Waals surface area contributed by atoms with Gasteiger partial charge >= 0.3 is 0 Å². The maximum Gasteiger partial charge on any atom is 0.228 e. The first-order valence-corrected chi connectivity index (χ1v) is 7.59. The molecular formula is C11H12Br2N2OS. The molecule has 0 fully saturated rings. The lowest BCUT2D eigenvalue weighted by Crippen LogP contribution is -2.21. The van der Waals surface area contributed by atoms with Crippen LogP contribution < -0.4 is 5.32 Å². The van der Waals surface area contributed by atoms with E-state index in [2.05, 4.69) is 56.0 Å². The van der Waals surface area contributed by atoms with E-state index in [-0.39, 0.29) is 0 Å². The Morgan fingerprint density at radius 3 is 2.82 bits per heavy atom. The number of rotatable bonds is 4. The topological polar surface area (TPSA) is 38.1 Å². The van der Waals surface area contributed by atoms with Crippen molar-refractivity contribution in [2.45, 2.75) is 26.4 Å². The summed E-state index contributed by atoms with van der Waals surface area (Å²) < 4.78 is 7.56. The summed E-state index contributed by atoms with van der Waals surface area (Å²) in [7, 11) is 0. The zero-order chi connectivity index (χ0) is 12.4. The molecule has 0 amide bonds. The van der Waals surface area contributed by atoms with Gasteiger partial charge in [-0.05, 0) is 37.9 Å². The lowest BCUT2D eigenvalue weighted by Gasteiger charge is -2.03. The second kappa shape index (κ2) is 5.65. The van der Waals surface area contributed by atoms with Gasteiger partial charge in [-0.2, -0.15) is 0 Å². The molecule has 1 N–H and O–H groups in total. The van der Waals surface area contributed by atoms with Crippen LogP contribution >= 0.6 is 43.2 Å². The van der Waals surface area contributed by atoms with Crippen LogP contribution in [0.4, 0.5) is 0 Å². The van der Waals surface area contributed by atoms with Crippen molar-refractivity contribution in [1.82, 2.24) is 10.3 Å². The van der Waals surface area contributed by atoms with Gasteiger partial charge < -0.3 is 9.73 Å². The fourth-order valence-corrected chi connectivity index (χ4v) is 4.08. The highest BCUT2D eigenvalue weighted by Gasteiger charge is 2.13. The lowest BCUT2D eigenvalue weighted by molar-refractivity contribution is 0.560. The predicted octanol–water partition coefficient (Wildman–Crippen LogP) is 4.43. The number of nitrogens with zero attached hydrogens (tertiary/aromatic N) is 1. The number of oxazole rings is 1. The van der Waals surface area contributed by atoms with Crippen LogP contribution in [0.1, 0.15) is 19.5 Å². The molecule has 0 atom stereocenters. The lowest BCUT2D eigenvalue weighted by atomic mass is 10.3. The summed E-state index contributed by atoms with van der Waals surface area (Å²) >= 11 is 8.55. The Balaban J connectivity index is 2.15. The predicted molar refractivity (Wildman–Crippen MR) is 77.2 cm³/mol. The Morgan fingerprint density at radius 2 is 2.24 bits per heavy atom. The maximum atomic E-state index is 5.48. The van der Waals surface area contributed by atoms with Gasteiger partial charge in [0, 0.05) is 12.6 Å². The minimum atomic E-state index is 0.442. The normalized spacial score (nSPS) is 11.4. The van der Waals surface area contributed by atoms with Crippen LogP contribution in [-0.2, 0) is 6.54 Å². The Kier molecular flexibility index (Phi) is 4.41. The summed E-state index contributed by atoms with van der Waals surface area (Å²) in [5.41, 5.74) is 1.90. The number of thiophene rings is 1. The monoisotopic (exact) mass is 378 g/mol. The number of hydrogen-bond acceptors (Lipinski definition) is 4. The Labute approximate surface area is 121 Å². The van der Waals surface area contributed by atoms with E-state index in [0.29, 0.717) is 11.9 Å². The van der Waals surface area contributed by atoms with E-state index >= 15 is 0 Å². The quantitative estimate of drug-likeness (QED) is 0.853. The fraction of sp³-hybridized carbons (Fsp3) is 0.364. The molecule has 92 valence electrons. The summed E-state index contributed by atoms with van der Waals surface area (Å²) in [5.74, 6) is 0.652. The molecule has 2 aromatic heterocycles. The Hall–Kier alpha value is -0.170. The molecular weight excluding hydrogens is 368 g/mol. The number of hydrogen-bond donors (Lipinski definition) is 1.